The first-order valence-electron chi connectivity index (χ1n) is 20.4. The van der Waals surface area contributed by atoms with Crippen LogP contribution in [0.5, 0.6) is 11.5 Å². The zero-order valence-electron chi connectivity index (χ0n) is 33.7. The standard InChI is InChI=1S/C46H55N3O10/c1-4-25-55-36-21-22-41-39(28-36)43-37(16-10-12-24-51)34(15-9-11-23-50)27-38-40(47-58-31-33-17-19-35(20-18-33)49(53)54)29-42(46(59-41,44(38)43)57-26-5-2)48(3)45(52)56-30-32-13-7-6-8-14-32/h4-8,13-14,17-22,27-28,34,37,42-44,50-51H,1-2,9-12,15-16,23-26,29-31H2,3H3/t34-,37+,42-,43+,44+,46+/m0/s1. The van der Waals surface area contributed by atoms with Crippen molar-refractivity contribution in [3.63, 3.8) is 0 Å². The van der Waals surface area contributed by atoms with Gasteiger partial charge in [-0.25, -0.2) is 4.79 Å². The number of oxime groups is 1. The SMILES string of the molecule is C=CCOc1ccc2c(c1)[C@H]1[C@H](CCCCO)[C@@H](CCCCO)C=C3C(=NOCc4ccc([N+](=O)[O-])cc4)C[C@H](N(C)C(=O)OCc4ccccc4)[C@@](OCC=C)(O2)[C@H]31. The molecule has 6 atom stereocenters. The minimum absolute atomic E-state index is 0.0250. The van der Waals surface area contributed by atoms with E-state index in [0.717, 1.165) is 42.4 Å². The number of benzene rings is 3. The molecule has 0 unspecified atom stereocenters. The second-order valence-corrected chi connectivity index (χ2v) is 15.2. The Hall–Kier alpha value is -5.50. The number of amides is 1. The monoisotopic (exact) mass is 809 g/mol. The van der Waals surface area contributed by atoms with E-state index in [1.165, 1.54) is 17.0 Å². The van der Waals surface area contributed by atoms with Crippen LogP contribution in [0.4, 0.5) is 10.5 Å². The molecule has 0 bridgehead atoms. The number of carbonyl (C=O) groups excluding carboxylic acids is 1. The Bertz CT molecular complexity index is 1970. The third-order valence-corrected chi connectivity index (χ3v) is 11.5. The van der Waals surface area contributed by atoms with Crippen molar-refractivity contribution in [1.82, 2.24) is 4.90 Å². The van der Waals surface area contributed by atoms with Crippen LogP contribution in [0.25, 0.3) is 0 Å². The number of likely N-dealkylation sites (N-methyl/N-ethyl adjacent to an activating group) is 1. The third-order valence-electron chi connectivity index (χ3n) is 11.5. The van der Waals surface area contributed by atoms with Gasteiger partial charge in [-0.05, 0) is 84.6 Å². The number of nitro benzene ring substituents is 1. The predicted octanol–water partition coefficient (Wildman–Crippen LogP) is 8.26. The van der Waals surface area contributed by atoms with Gasteiger partial charge in [-0.3, -0.25) is 10.1 Å². The Morgan fingerprint density at radius 2 is 1.68 bits per heavy atom. The Kier molecular flexibility index (Phi) is 14.9. The van der Waals surface area contributed by atoms with Gasteiger partial charge in [0.05, 0.1) is 23.2 Å². The first-order valence-corrected chi connectivity index (χ1v) is 20.4. The van der Waals surface area contributed by atoms with Crippen LogP contribution in [0.3, 0.4) is 0 Å². The average Bonchev–Trinajstić information content (AvgIpc) is 3.25. The number of allylic oxidation sites excluding steroid dienone is 1. The van der Waals surface area contributed by atoms with E-state index in [0.29, 0.717) is 42.2 Å². The summed E-state index contributed by atoms with van der Waals surface area (Å²) in [7, 11) is 1.68. The van der Waals surface area contributed by atoms with Crippen molar-refractivity contribution in [2.75, 3.05) is 33.5 Å². The van der Waals surface area contributed by atoms with Crippen molar-refractivity contribution in [2.24, 2.45) is 22.9 Å². The number of ether oxygens (including phenoxy) is 4. The smallest absolute Gasteiger partial charge is 0.410 e. The van der Waals surface area contributed by atoms with Crippen molar-refractivity contribution in [1.29, 1.82) is 0 Å². The van der Waals surface area contributed by atoms with Gasteiger partial charge in [0.2, 0.25) is 5.79 Å². The zero-order chi connectivity index (χ0) is 41.8. The molecule has 3 aromatic rings. The fraction of sp³-hybridized carbons (Fsp3) is 0.435. The molecule has 1 fully saturated rings. The molecule has 2 aliphatic carbocycles. The molecule has 3 aromatic carbocycles. The largest absolute Gasteiger partial charge is 0.490 e. The van der Waals surface area contributed by atoms with E-state index < -0.39 is 28.8 Å². The number of unbranched alkanes of at least 4 members (excludes halogenated alkanes) is 2. The summed E-state index contributed by atoms with van der Waals surface area (Å²) in [5.74, 6) is -0.841. The summed E-state index contributed by atoms with van der Waals surface area (Å²) in [6, 6.07) is 20.6. The highest BCUT2D eigenvalue weighted by Gasteiger charge is 2.65. The van der Waals surface area contributed by atoms with Gasteiger partial charge in [-0.15, -0.1) is 6.58 Å². The first kappa shape index (κ1) is 43.1. The molecule has 1 amide bonds. The van der Waals surface area contributed by atoms with Crippen molar-refractivity contribution >= 4 is 17.5 Å². The molecular formula is C46H55N3O10. The van der Waals surface area contributed by atoms with Crippen LogP contribution in [0.15, 0.2) is 115 Å². The van der Waals surface area contributed by atoms with E-state index >= 15 is 0 Å². The van der Waals surface area contributed by atoms with Crippen LogP contribution in [0.2, 0.25) is 0 Å². The Balaban J connectivity index is 1.50. The summed E-state index contributed by atoms with van der Waals surface area (Å²) in [5.41, 5.74) is 3.93. The van der Waals surface area contributed by atoms with Crippen LogP contribution in [-0.2, 0) is 27.5 Å². The number of hydrogen-bond donors (Lipinski definition) is 2. The van der Waals surface area contributed by atoms with Gasteiger partial charge < -0.3 is 38.9 Å². The van der Waals surface area contributed by atoms with E-state index in [9.17, 15) is 25.1 Å². The molecule has 13 nitrogen and oxygen atoms in total. The second-order valence-electron chi connectivity index (χ2n) is 15.2. The van der Waals surface area contributed by atoms with Crippen LogP contribution in [0, 0.1) is 27.9 Å². The topological polar surface area (TPSA) is 162 Å². The van der Waals surface area contributed by atoms with Crippen molar-refractivity contribution in [2.45, 2.75) is 75.9 Å². The summed E-state index contributed by atoms with van der Waals surface area (Å²) in [4.78, 5) is 32.6. The lowest BCUT2D eigenvalue weighted by Crippen LogP contribution is -2.69. The molecule has 13 heteroatoms. The molecule has 0 saturated heterocycles. The summed E-state index contributed by atoms with van der Waals surface area (Å²) in [6.07, 6.45) is 9.68. The van der Waals surface area contributed by atoms with E-state index in [4.69, 9.17) is 28.9 Å². The summed E-state index contributed by atoms with van der Waals surface area (Å²) in [6.45, 7) is 8.50. The molecule has 1 aliphatic heterocycles. The number of nitro groups is 1. The maximum absolute atomic E-state index is 14.1. The number of aliphatic hydroxyl groups is 2. The summed E-state index contributed by atoms with van der Waals surface area (Å²) >= 11 is 0. The maximum atomic E-state index is 14.1. The molecule has 3 aliphatic rings. The molecule has 1 heterocycles. The van der Waals surface area contributed by atoms with Crippen molar-refractivity contribution in [3.8, 4) is 11.5 Å². The summed E-state index contributed by atoms with van der Waals surface area (Å²) in [5, 5.41) is 35.8. The molecule has 0 radical (unpaired) electrons. The first-order chi connectivity index (χ1) is 28.7. The summed E-state index contributed by atoms with van der Waals surface area (Å²) < 4.78 is 26.1. The Labute approximate surface area is 345 Å². The molecule has 1 saturated carbocycles. The lowest BCUT2D eigenvalue weighted by molar-refractivity contribution is -0.384. The third kappa shape index (κ3) is 9.86. The molecule has 59 heavy (non-hydrogen) atoms. The lowest BCUT2D eigenvalue weighted by Gasteiger charge is -2.59. The number of carbonyl (C=O) groups is 1. The number of non-ortho nitro benzene ring substituents is 1. The van der Waals surface area contributed by atoms with Gasteiger partial charge in [0, 0.05) is 50.3 Å². The minimum atomic E-state index is -1.44. The Morgan fingerprint density at radius 1 is 0.966 bits per heavy atom. The maximum Gasteiger partial charge on any atom is 0.410 e. The second kappa shape index (κ2) is 20.5. The zero-order valence-corrected chi connectivity index (χ0v) is 33.7. The van der Waals surface area contributed by atoms with Crippen LogP contribution < -0.4 is 9.47 Å². The molecule has 314 valence electrons. The minimum Gasteiger partial charge on any atom is -0.490 e. The highest BCUT2D eigenvalue weighted by atomic mass is 16.7. The highest BCUT2D eigenvalue weighted by molar-refractivity contribution is 6.02. The van der Waals surface area contributed by atoms with Gasteiger partial charge >= 0.3 is 6.09 Å². The normalized spacial score (nSPS) is 23.5. The molecular weight excluding hydrogens is 755 g/mol. The number of aliphatic hydroxyl groups excluding tert-OH is 2. The fourth-order valence-electron chi connectivity index (χ4n) is 8.82. The van der Waals surface area contributed by atoms with Crippen molar-refractivity contribution in [3.05, 3.63) is 137 Å². The number of fused-ring (bicyclic) bond motifs is 2. The van der Waals surface area contributed by atoms with Gasteiger partial charge in [-0.1, -0.05) is 73.1 Å². The van der Waals surface area contributed by atoms with Crippen LogP contribution in [0.1, 0.15) is 67.6 Å². The predicted molar refractivity (Wildman–Crippen MR) is 223 cm³/mol. The number of rotatable bonds is 21. The molecule has 6 rings (SSSR count). The van der Waals surface area contributed by atoms with E-state index in [1.54, 1.807) is 31.3 Å². The van der Waals surface area contributed by atoms with Crippen molar-refractivity contribution < 1.29 is 43.7 Å². The van der Waals surface area contributed by atoms with Gasteiger partial charge in [0.1, 0.15) is 37.4 Å². The molecule has 0 aromatic heterocycles. The van der Waals surface area contributed by atoms with E-state index in [2.05, 4.69) is 19.2 Å². The van der Waals surface area contributed by atoms with Crippen LogP contribution in [-0.4, -0.2) is 77.1 Å². The van der Waals surface area contributed by atoms with Gasteiger partial charge in [0.15, 0.2) is 0 Å². The number of nitrogens with zero attached hydrogens (tertiary/aromatic N) is 3. The van der Waals surface area contributed by atoms with E-state index in [-0.39, 0.29) is 62.9 Å². The van der Waals surface area contributed by atoms with Crippen LogP contribution >= 0.6 is 0 Å². The fourth-order valence-corrected chi connectivity index (χ4v) is 8.82. The molecule has 2 N–H and O–H groups in total. The average molecular weight is 810 g/mol. The lowest BCUT2D eigenvalue weighted by atomic mass is 9.55. The van der Waals surface area contributed by atoms with Gasteiger partial charge in [0.25, 0.3) is 5.69 Å². The highest BCUT2D eigenvalue weighted by Crippen LogP contribution is 2.61. The quantitative estimate of drug-likeness (QED) is 0.0464. The van der Waals surface area contributed by atoms with Gasteiger partial charge in [-0.2, -0.15) is 0 Å². The van der Waals surface area contributed by atoms with E-state index in [1.807, 2.05) is 48.5 Å². The molecule has 0 spiro atoms. The Morgan fingerprint density at radius 3 is 2.37 bits per heavy atom. The number of hydrogen-bond acceptors (Lipinski definition) is 11.